The number of aromatic nitrogens is 2. The van der Waals surface area contributed by atoms with E-state index in [-0.39, 0.29) is 18.2 Å². The van der Waals surface area contributed by atoms with Crippen LogP contribution < -0.4 is 10.1 Å². The molecule has 7 nitrogen and oxygen atoms in total. The molecule has 0 aliphatic heterocycles. The first-order valence-corrected chi connectivity index (χ1v) is 9.88. The highest BCUT2D eigenvalue weighted by Gasteiger charge is 2.19. The van der Waals surface area contributed by atoms with Crippen LogP contribution in [-0.4, -0.2) is 35.4 Å². The maximum Gasteiger partial charge on any atom is 0.358 e. The molecule has 30 heavy (non-hydrogen) atoms. The Morgan fingerprint density at radius 3 is 2.60 bits per heavy atom. The maximum atomic E-state index is 12.3. The molecule has 0 unspecified atom stereocenters. The molecule has 0 saturated heterocycles. The molecule has 0 spiro atoms. The second-order valence-corrected chi connectivity index (χ2v) is 6.60. The predicted molar refractivity (Wildman–Crippen MR) is 115 cm³/mol. The number of carbonyl (C=O) groups excluding carboxylic acids is 2. The lowest BCUT2D eigenvalue weighted by molar-refractivity contribution is -0.116. The van der Waals surface area contributed by atoms with Crippen molar-refractivity contribution in [2.24, 2.45) is 0 Å². The van der Waals surface area contributed by atoms with Gasteiger partial charge in [0.1, 0.15) is 11.4 Å². The second-order valence-electron chi connectivity index (χ2n) is 6.60. The summed E-state index contributed by atoms with van der Waals surface area (Å²) in [4.78, 5) is 24.3. The number of esters is 1. The molecule has 156 valence electrons. The van der Waals surface area contributed by atoms with Crippen LogP contribution in [0.2, 0.25) is 0 Å². The first kappa shape index (κ1) is 21.1. The highest BCUT2D eigenvalue weighted by Crippen LogP contribution is 2.30. The van der Waals surface area contributed by atoms with Crippen molar-refractivity contribution >= 4 is 17.6 Å². The number of nitrogens with one attached hydrogen (secondary N) is 1. The van der Waals surface area contributed by atoms with Crippen molar-refractivity contribution in [2.45, 2.75) is 26.7 Å². The summed E-state index contributed by atoms with van der Waals surface area (Å²) in [5.41, 5.74) is 3.02. The zero-order valence-corrected chi connectivity index (χ0v) is 17.3. The van der Waals surface area contributed by atoms with Gasteiger partial charge in [-0.05, 0) is 43.7 Å². The lowest BCUT2D eigenvalue weighted by Crippen LogP contribution is -2.10. The highest BCUT2D eigenvalue weighted by atomic mass is 16.5. The molecule has 0 saturated carbocycles. The van der Waals surface area contributed by atoms with Crippen molar-refractivity contribution in [1.29, 1.82) is 0 Å². The van der Waals surface area contributed by atoms with Crippen molar-refractivity contribution < 1.29 is 19.1 Å². The fraction of sp³-hybridized carbons (Fsp3) is 0.261. The van der Waals surface area contributed by atoms with Gasteiger partial charge in [0.15, 0.2) is 5.69 Å². The molecule has 2 aromatic carbocycles. The largest absolute Gasteiger partial charge is 0.494 e. The topological polar surface area (TPSA) is 82.5 Å². The van der Waals surface area contributed by atoms with E-state index in [9.17, 15) is 9.59 Å². The average Bonchev–Trinajstić information content (AvgIpc) is 3.20. The van der Waals surface area contributed by atoms with E-state index in [0.29, 0.717) is 29.2 Å². The maximum absolute atomic E-state index is 12.3. The van der Waals surface area contributed by atoms with Crippen LogP contribution in [0.25, 0.3) is 16.9 Å². The summed E-state index contributed by atoms with van der Waals surface area (Å²) in [6.45, 7) is 3.96. The molecule has 0 fully saturated rings. The SMILES string of the molecule is CCCC(=O)Nc1cccc(-c2cc(C(=O)OCC)nn2-c2ccccc2OC)c1. The fourth-order valence-corrected chi connectivity index (χ4v) is 3.09. The van der Waals surface area contributed by atoms with Crippen LogP contribution in [0.5, 0.6) is 5.75 Å². The van der Waals surface area contributed by atoms with Crippen LogP contribution in [0.1, 0.15) is 37.2 Å². The summed E-state index contributed by atoms with van der Waals surface area (Å²) in [5, 5.41) is 7.38. The number of rotatable bonds is 8. The summed E-state index contributed by atoms with van der Waals surface area (Å²) in [6, 6.07) is 16.5. The lowest BCUT2D eigenvalue weighted by atomic mass is 10.1. The van der Waals surface area contributed by atoms with Crippen LogP contribution >= 0.6 is 0 Å². The van der Waals surface area contributed by atoms with Crippen LogP contribution in [-0.2, 0) is 9.53 Å². The van der Waals surface area contributed by atoms with Crippen molar-refractivity contribution in [3.8, 4) is 22.7 Å². The van der Waals surface area contributed by atoms with Crippen molar-refractivity contribution in [3.63, 3.8) is 0 Å². The Balaban J connectivity index is 2.09. The number of amides is 1. The minimum absolute atomic E-state index is 0.0416. The number of anilines is 1. The van der Waals surface area contributed by atoms with E-state index in [0.717, 1.165) is 12.0 Å². The number of para-hydroxylation sites is 2. The summed E-state index contributed by atoms with van der Waals surface area (Å²) in [7, 11) is 1.58. The molecule has 0 atom stereocenters. The summed E-state index contributed by atoms with van der Waals surface area (Å²) < 4.78 is 12.3. The summed E-state index contributed by atoms with van der Waals surface area (Å²) in [6.07, 6.45) is 1.23. The minimum atomic E-state index is -0.500. The van der Waals surface area contributed by atoms with E-state index in [1.54, 1.807) is 24.8 Å². The van der Waals surface area contributed by atoms with Gasteiger partial charge in [-0.3, -0.25) is 4.79 Å². The predicted octanol–water partition coefficient (Wildman–Crippen LogP) is 4.46. The van der Waals surface area contributed by atoms with Crippen LogP contribution in [0.4, 0.5) is 5.69 Å². The third-order valence-electron chi connectivity index (χ3n) is 4.43. The van der Waals surface area contributed by atoms with Crippen LogP contribution in [0.3, 0.4) is 0 Å². The smallest absolute Gasteiger partial charge is 0.358 e. The number of hydrogen-bond donors (Lipinski definition) is 1. The Labute approximate surface area is 175 Å². The molecule has 0 aliphatic carbocycles. The zero-order chi connectivity index (χ0) is 21.5. The number of carbonyl (C=O) groups is 2. The van der Waals surface area contributed by atoms with E-state index in [4.69, 9.17) is 9.47 Å². The summed E-state index contributed by atoms with van der Waals surface area (Å²) in [5.74, 6) is 0.0737. The molecule has 3 aromatic rings. The number of benzene rings is 2. The molecular formula is C23H25N3O4. The number of hydrogen-bond acceptors (Lipinski definition) is 5. The molecule has 7 heteroatoms. The van der Waals surface area contributed by atoms with Crippen molar-refractivity contribution in [1.82, 2.24) is 9.78 Å². The van der Waals surface area contributed by atoms with E-state index < -0.39 is 5.97 Å². The molecule has 1 heterocycles. The molecule has 0 radical (unpaired) electrons. The Morgan fingerprint density at radius 1 is 1.07 bits per heavy atom. The van der Waals surface area contributed by atoms with E-state index in [1.807, 2.05) is 55.5 Å². The number of ether oxygens (including phenoxy) is 2. The molecule has 0 bridgehead atoms. The van der Waals surface area contributed by atoms with E-state index in [1.165, 1.54) is 0 Å². The van der Waals surface area contributed by atoms with Gasteiger partial charge in [0, 0.05) is 17.7 Å². The minimum Gasteiger partial charge on any atom is -0.494 e. The Hall–Kier alpha value is -3.61. The van der Waals surface area contributed by atoms with E-state index in [2.05, 4.69) is 10.4 Å². The van der Waals surface area contributed by atoms with Crippen LogP contribution in [0.15, 0.2) is 54.6 Å². The van der Waals surface area contributed by atoms with Gasteiger partial charge in [-0.1, -0.05) is 31.2 Å². The molecule has 1 N–H and O–H groups in total. The van der Waals surface area contributed by atoms with Gasteiger partial charge in [-0.15, -0.1) is 0 Å². The first-order chi connectivity index (χ1) is 14.6. The number of nitrogens with zero attached hydrogens (tertiary/aromatic N) is 2. The van der Waals surface area contributed by atoms with Gasteiger partial charge in [-0.2, -0.15) is 5.10 Å². The second kappa shape index (κ2) is 9.73. The molecule has 3 rings (SSSR count). The monoisotopic (exact) mass is 407 g/mol. The van der Waals surface area contributed by atoms with Gasteiger partial charge in [0.25, 0.3) is 0 Å². The third-order valence-corrected chi connectivity index (χ3v) is 4.43. The Kier molecular flexibility index (Phi) is 6.85. The third kappa shape index (κ3) is 4.68. The lowest BCUT2D eigenvalue weighted by Gasteiger charge is -2.12. The van der Waals surface area contributed by atoms with E-state index >= 15 is 0 Å². The van der Waals surface area contributed by atoms with Gasteiger partial charge in [0.2, 0.25) is 5.91 Å². The standard InChI is InChI=1S/C23H25N3O4/c1-4-9-22(27)24-17-11-8-10-16(14-17)20-15-18(23(28)30-5-2)25-26(20)19-12-6-7-13-21(19)29-3/h6-8,10-15H,4-5,9H2,1-3H3,(H,24,27). The molecular weight excluding hydrogens is 382 g/mol. The van der Waals surface area contributed by atoms with Crippen molar-refractivity contribution in [3.05, 3.63) is 60.3 Å². The quantitative estimate of drug-likeness (QED) is 0.558. The Bertz CT molecular complexity index is 1040. The molecule has 1 aromatic heterocycles. The average molecular weight is 407 g/mol. The summed E-state index contributed by atoms with van der Waals surface area (Å²) >= 11 is 0. The first-order valence-electron chi connectivity index (χ1n) is 9.88. The van der Waals surface area contributed by atoms with Gasteiger partial charge in [-0.25, -0.2) is 9.48 Å². The van der Waals surface area contributed by atoms with Gasteiger partial charge in [0.05, 0.1) is 19.4 Å². The normalized spacial score (nSPS) is 10.5. The Morgan fingerprint density at radius 2 is 1.87 bits per heavy atom. The van der Waals surface area contributed by atoms with Crippen LogP contribution in [0, 0.1) is 0 Å². The van der Waals surface area contributed by atoms with Crippen molar-refractivity contribution in [2.75, 3.05) is 19.0 Å². The van der Waals surface area contributed by atoms with Gasteiger partial charge >= 0.3 is 5.97 Å². The highest BCUT2D eigenvalue weighted by molar-refractivity contribution is 5.92. The van der Waals surface area contributed by atoms with Gasteiger partial charge < -0.3 is 14.8 Å². The number of methoxy groups -OCH3 is 1. The molecule has 1 amide bonds. The zero-order valence-electron chi connectivity index (χ0n) is 17.3. The fourth-order valence-electron chi connectivity index (χ4n) is 3.09. The molecule has 0 aliphatic rings.